The summed E-state index contributed by atoms with van der Waals surface area (Å²) in [6.45, 7) is 0. The SMILES string of the molecule is O=[N+]([O-])c1ccccc1CC(Br)CC1CC1. The summed E-state index contributed by atoms with van der Waals surface area (Å²) in [4.78, 5) is 10.9. The van der Waals surface area contributed by atoms with Crippen LogP contribution in [-0.4, -0.2) is 9.75 Å². The highest BCUT2D eigenvalue weighted by atomic mass is 79.9. The van der Waals surface area contributed by atoms with Crippen LogP contribution in [-0.2, 0) is 6.42 Å². The van der Waals surface area contributed by atoms with E-state index in [2.05, 4.69) is 15.9 Å². The quantitative estimate of drug-likeness (QED) is 0.470. The molecule has 2 rings (SSSR count). The van der Waals surface area contributed by atoms with Crippen LogP contribution in [0, 0.1) is 16.0 Å². The summed E-state index contributed by atoms with van der Waals surface area (Å²) in [5, 5.41) is 10.8. The van der Waals surface area contributed by atoms with E-state index in [4.69, 9.17) is 0 Å². The molecule has 16 heavy (non-hydrogen) atoms. The van der Waals surface area contributed by atoms with Crippen molar-refractivity contribution in [2.45, 2.75) is 30.5 Å². The maximum atomic E-state index is 10.8. The molecule has 0 aromatic heterocycles. The van der Waals surface area contributed by atoms with Crippen LogP contribution in [0.2, 0.25) is 0 Å². The molecule has 1 fully saturated rings. The molecule has 1 aromatic carbocycles. The van der Waals surface area contributed by atoms with Gasteiger partial charge in [0.05, 0.1) is 4.92 Å². The Hall–Kier alpha value is -0.900. The highest BCUT2D eigenvalue weighted by Crippen LogP contribution is 2.36. The summed E-state index contributed by atoms with van der Waals surface area (Å²) in [5.74, 6) is 0.840. The molecular weight excluding hydrogens is 270 g/mol. The van der Waals surface area contributed by atoms with E-state index in [1.54, 1.807) is 12.1 Å². The van der Waals surface area contributed by atoms with Crippen molar-refractivity contribution in [2.24, 2.45) is 5.92 Å². The minimum absolute atomic E-state index is 0.239. The number of nitrogens with zero attached hydrogens (tertiary/aromatic N) is 1. The van der Waals surface area contributed by atoms with Crippen LogP contribution in [0.4, 0.5) is 5.69 Å². The lowest BCUT2D eigenvalue weighted by molar-refractivity contribution is -0.385. The van der Waals surface area contributed by atoms with Crippen LogP contribution in [0.1, 0.15) is 24.8 Å². The molecule has 4 heteroatoms. The Morgan fingerprint density at radius 3 is 2.75 bits per heavy atom. The fourth-order valence-corrected chi connectivity index (χ4v) is 2.78. The Morgan fingerprint density at radius 1 is 1.44 bits per heavy atom. The van der Waals surface area contributed by atoms with Crippen LogP contribution in [0.15, 0.2) is 24.3 Å². The lowest BCUT2D eigenvalue weighted by atomic mass is 10.0. The number of hydrogen-bond donors (Lipinski definition) is 0. The molecule has 0 saturated heterocycles. The minimum Gasteiger partial charge on any atom is -0.258 e. The second kappa shape index (κ2) is 4.95. The Balaban J connectivity index is 2.04. The van der Waals surface area contributed by atoms with Crippen LogP contribution >= 0.6 is 15.9 Å². The average Bonchev–Trinajstić information content (AvgIpc) is 3.02. The van der Waals surface area contributed by atoms with E-state index in [9.17, 15) is 10.1 Å². The number of nitro benzene ring substituents is 1. The van der Waals surface area contributed by atoms with E-state index in [1.807, 2.05) is 12.1 Å². The predicted octanol–water partition coefficient (Wildman–Crippen LogP) is 3.70. The standard InChI is InChI=1S/C12H14BrNO2/c13-11(7-9-5-6-9)8-10-3-1-2-4-12(10)14(15)16/h1-4,9,11H,5-8H2. The zero-order valence-corrected chi connectivity index (χ0v) is 10.5. The summed E-state index contributed by atoms with van der Waals surface area (Å²) in [5.41, 5.74) is 1.07. The van der Waals surface area contributed by atoms with Gasteiger partial charge in [0.25, 0.3) is 5.69 Å². The van der Waals surface area contributed by atoms with Gasteiger partial charge in [0.15, 0.2) is 0 Å². The molecule has 1 aliphatic carbocycles. The number of halogens is 1. The molecule has 1 unspecified atom stereocenters. The van der Waals surface area contributed by atoms with Crippen LogP contribution in [0.5, 0.6) is 0 Å². The van der Waals surface area contributed by atoms with Crippen molar-refractivity contribution in [3.63, 3.8) is 0 Å². The first kappa shape index (κ1) is 11.6. The fraction of sp³-hybridized carbons (Fsp3) is 0.500. The lowest BCUT2D eigenvalue weighted by Crippen LogP contribution is -2.06. The topological polar surface area (TPSA) is 43.1 Å². The van der Waals surface area contributed by atoms with Gasteiger partial charge < -0.3 is 0 Å². The monoisotopic (exact) mass is 283 g/mol. The number of benzene rings is 1. The Labute approximate surface area is 103 Å². The highest BCUT2D eigenvalue weighted by molar-refractivity contribution is 9.09. The van der Waals surface area contributed by atoms with Gasteiger partial charge in [-0.2, -0.15) is 0 Å². The van der Waals surface area contributed by atoms with E-state index >= 15 is 0 Å². The maximum Gasteiger partial charge on any atom is 0.272 e. The minimum atomic E-state index is -0.299. The van der Waals surface area contributed by atoms with Gasteiger partial charge in [-0.3, -0.25) is 10.1 Å². The van der Waals surface area contributed by atoms with E-state index in [-0.39, 0.29) is 10.6 Å². The third kappa shape index (κ3) is 3.04. The average molecular weight is 284 g/mol. The molecular formula is C12H14BrNO2. The summed E-state index contributed by atoms with van der Waals surface area (Å²) < 4.78 is 0. The van der Waals surface area contributed by atoms with Crippen LogP contribution < -0.4 is 0 Å². The van der Waals surface area contributed by atoms with Crippen molar-refractivity contribution in [1.82, 2.24) is 0 Å². The Bertz CT molecular complexity index is 390. The summed E-state index contributed by atoms with van der Waals surface area (Å²) in [7, 11) is 0. The first-order valence-electron chi connectivity index (χ1n) is 5.53. The molecule has 1 saturated carbocycles. The largest absolute Gasteiger partial charge is 0.272 e. The molecule has 1 atom stereocenters. The molecule has 0 aliphatic heterocycles. The van der Waals surface area contributed by atoms with Gasteiger partial charge in [0, 0.05) is 16.5 Å². The van der Waals surface area contributed by atoms with Gasteiger partial charge in [-0.05, 0) is 18.8 Å². The number of rotatable bonds is 5. The molecule has 1 aliphatic rings. The summed E-state index contributed by atoms with van der Waals surface area (Å²) in [6, 6.07) is 7.00. The van der Waals surface area contributed by atoms with Crippen molar-refractivity contribution in [2.75, 3.05) is 0 Å². The first-order chi connectivity index (χ1) is 7.66. The van der Waals surface area contributed by atoms with E-state index in [1.165, 1.54) is 12.8 Å². The third-order valence-electron chi connectivity index (χ3n) is 2.92. The van der Waals surface area contributed by atoms with Crippen molar-refractivity contribution in [3.8, 4) is 0 Å². The van der Waals surface area contributed by atoms with Crippen molar-refractivity contribution >= 4 is 21.6 Å². The van der Waals surface area contributed by atoms with Crippen molar-refractivity contribution in [1.29, 1.82) is 0 Å². The lowest BCUT2D eigenvalue weighted by Gasteiger charge is -2.09. The number of nitro groups is 1. The van der Waals surface area contributed by atoms with E-state index in [0.29, 0.717) is 4.83 Å². The maximum absolute atomic E-state index is 10.8. The molecule has 3 nitrogen and oxygen atoms in total. The Morgan fingerprint density at radius 2 is 2.12 bits per heavy atom. The van der Waals surface area contributed by atoms with Gasteiger partial charge >= 0.3 is 0 Å². The highest BCUT2D eigenvalue weighted by Gasteiger charge is 2.25. The van der Waals surface area contributed by atoms with Crippen molar-refractivity contribution in [3.05, 3.63) is 39.9 Å². The van der Waals surface area contributed by atoms with E-state index in [0.717, 1.165) is 24.3 Å². The molecule has 0 heterocycles. The second-order valence-electron chi connectivity index (χ2n) is 4.37. The van der Waals surface area contributed by atoms with Crippen molar-refractivity contribution < 1.29 is 4.92 Å². The van der Waals surface area contributed by atoms with E-state index < -0.39 is 0 Å². The third-order valence-corrected chi connectivity index (χ3v) is 3.61. The zero-order chi connectivity index (χ0) is 11.5. The van der Waals surface area contributed by atoms with Gasteiger partial charge in [-0.1, -0.05) is 47.0 Å². The molecule has 86 valence electrons. The second-order valence-corrected chi connectivity index (χ2v) is 5.66. The van der Waals surface area contributed by atoms with Crippen LogP contribution in [0.3, 0.4) is 0 Å². The van der Waals surface area contributed by atoms with Gasteiger partial charge in [0.1, 0.15) is 0 Å². The number of hydrogen-bond acceptors (Lipinski definition) is 2. The Kier molecular flexibility index (Phi) is 3.59. The molecule has 0 amide bonds. The first-order valence-corrected chi connectivity index (χ1v) is 6.44. The number of para-hydroxylation sites is 1. The van der Waals surface area contributed by atoms with Gasteiger partial charge in [0.2, 0.25) is 0 Å². The number of alkyl halides is 1. The predicted molar refractivity (Wildman–Crippen MR) is 66.9 cm³/mol. The summed E-state index contributed by atoms with van der Waals surface area (Å²) >= 11 is 3.62. The van der Waals surface area contributed by atoms with Gasteiger partial charge in [-0.15, -0.1) is 0 Å². The zero-order valence-electron chi connectivity index (χ0n) is 8.93. The summed E-state index contributed by atoms with van der Waals surface area (Å²) in [6.07, 6.45) is 4.51. The molecule has 0 spiro atoms. The smallest absolute Gasteiger partial charge is 0.258 e. The van der Waals surface area contributed by atoms with Crippen LogP contribution in [0.25, 0.3) is 0 Å². The molecule has 0 bridgehead atoms. The normalized spacial score (nSPS) is 17.1. The molecule has 1 aromatic rings. The van der Waals surface area contributed by atoms with Gasteiger partial charge in [-0.25, -0.2) is 0 Å². The molecule has 0 N–H and O–H groups in total. The fourth-order valence-electron chi connectivity index (χ4n) is 1.90. The molecule has 0 radical (unpaired) electrons.